The molecule has 0 radical (unpaired) electrons. The number of benzene rings is 1. The first-order valence-corrected chi connectivity index (χ1v) is 8.35. The number of hydrogen-bond acceptors (Lipinski definition) is 5. The van der Waals surface area contributed by atoms with E-state index in [2.05, 4.69) is 10.3 Å². The van der Waals surface area contributed by atoms with Crippen LogP contribution in [0.2, 0.25) is 0 Å². The summed E-state index contributed by atoms with van der Waals surface area (Å²) < 4.78 is 27.4. The fraction of sp³-hybridized carbons (Fsp3) is 0.294. The van der Waals surface area contributed by atoms with Gasteiger partial charge in [-0.25, -0.2) is 13.8 Å². The molecule has 6 nitrogen and oxygen atoms in total. The van der Waals surface area contributed by atoms with Crippen molar-refractivity contribution in [3.63, 3.8) is 0 Å². The maximum absolute atomic E-state index is 14.0. The molecule has 0 bridgehead atoms. The SMILES string of the molecule is CC(C)(CCC(=O)O)C(=O)Nc1nc(-c2cc(F)ccc2F)c(C#N)s1. The Labute approximate surface area is 152 Å². The van der Waals surface area contributed by atoms with E-state index in [1.54, 1.807) is 13.8 Å². The Kier molecular flexibility index (Phi) is 5.67. The van der Waals surface area contributed by atoms with Crippen LogP contribution < -0.4 is 5.32 Å². The highest BCUT2D eigenvalue weighted by molar-refractivity contribution is 7.16. The molecular formula is C17H15F2N3O3S. The molecule has 0 aliphatic rings. The van der Waals surface area contributed by atoms with Gasteiger partial charge in [0.15, 0.2) is 5.13 Å². The van der Waals surface area contributed by atoms with E-state index in [0.29, 0.717) is 0 Å². The van der Waals surface area contributed by atoms with Crippen molar-refractivity contribution >= 4 is 28.3 Å². The van der Waals surface area contributed by atoms with Gasteiger partial charge in [-0.05, 0) is 24.6 Å². The lowest BCUT2D eigenvalue weighted by Crippen LogP contribution is -2.31. The summed E-state index contributed by atoms with van der Waals surface area (Å²) in [4.78, 5) is 27.1. The number of thiazole rings is 1. The van der Waals surface area contributed by atoms with E-state index in [4.69, 9.17) is 5.11 Å². The number of nitrogens with one attached hydrogen (secondary N) is 1. The maximum Gasteiger partial charge on any atom is 0.303 e. The number of amides is 1. The first-order valence-electron chi connectivity index (χ1n) is 7.53. The van der Waals surface area contributed by atoms with Crippen molar-refractivity contribution in [1.82, 2.24) is 4.98 Å². The minimum absolute atomic E-state index is 0.0214. The predicted molar refractivity (Wildman–Crippen MR) is 91.5 cm³/mol. The topological polar surface area (TPSA) is 103 Å². The number of aliphatic carboxylic acids is 1. The zero-order valence-electron chi connectivity index (χ0n) is 14.0. The van der Waals surface area contributed by atoms with Crippen molar-refractivity contribution < 1.29 is 23.5 Å². The Bertz CT molecular complexity index is 903. The van der Waals surface area contributed by atoms with Crippen molar-refractivity contribution in [2.45, 2.75) is 26.7 Å². The van der Waals surface area contributed by atoms with Gasteiger partial charge >= 0.3 is 5.97 Å². The number of anilines is 1. The third-order valence-electron chi connectivity index (χ3n) is 3.71. The second-order valence-corrected chi connectivity index (χ2v) is 7.16. The number of carboxylic acids is 1. The van der Waals surface area contributed by atoms with Gasteiger partial charge in [-0.3, -0.25) is 9.59 Å². The third-order valence-corrected chi connectivity index (χ3v) is 4.59. The second kappa shape index (κ2) is 7.58. The fourth-order valence-corrected chi connectivity index (χ4v) is 2.88. The van der Waals surface area contributed by atoms with Crippen molar-refractivity contribution in [1.29, 1.82) is 5.26 Å². The van der Waals surface area contributed by atoms with Crippen molar-refractivity contribution in [3.05, 3.63) is 34.7 Å². The van der Waals surface area contributed by atoms with E-state index in [-0.39, 0.29) is 34.1 Å². The lowest BCUT2D eigenvalue weighted by Gasteiger charge is -2.21. The Morgan fingerprint density at radius 3 is 2.69 bits per heavy atom. The molecule has 0 fully saturated rings. The first kappa shape index (κ1) is 19.5. The minimum Gasteiger partial charge on any atom is -0.481 e. The van der Waals surface area contributed by atoms with Crippen LogP contribution in [0.25, 0.3) is 11.3 Å². The molecule has 2 aromatic rings. The van der Waals surface area contributed by atoms with Gasteiger partial charge in [0.25, 0.3) is 0 Å². The molecule has 26 heavy (non-hydrogen) atoms. The third kappa shape index (κ3) is 4.40. The first-order chi connectivity index (χ1) is 12.1. The summed E-state index contributed by atoms with van der Waals surface area (Å²) in [7, 11) is 0. The number of carboxylic acid groups (broad SMARTS) is 1. The number of nitrogens with zero attached hydrogens (tertiary/aromatic N) is 2. The minimum atomic E-state index is -1.02. The normalized spacial score (nSPS) is 11.0. The van der Waals surface area contributed by atoms with Gasteiger partial charge in [0.1, 0.15) is 28.3 Å². The Morgan fingerprint density at radius 1 is 1.38 bits per heavy atom. The van der Waals surface area contributed by atoms with Gasteiger partial charge in [-0.15, -0.1) is 0 Å². The summed E-state index contributed by atoms with van der Waals surface area (Å²) in [5, 5.41) is 20.5. The highest BCUT2D eigenvalue weighted by atomic mass is 32.1. The monoisotopic (exact) mass is 379 g/mol. The molecule has 0 aliphatic carbocycles. The smallest absolute Gasteiger partial charge is 0.303 e. The van der Waals surface area contributed by atoms with Crippen LogP contribution >= 0.6 is 11.3 Å². The van der Waals surface area contributed by atoms with Crippen LogP contribution in [-0.4, -0.2) is 22.0 Å². The lowest BCUT2D eigenvalue weighted by atomic mass is 9.87. The van der Waals surface area contributed by atoms with Crippen LogP contribution in [0.3, 0.4) is 0 Å². The van der Waals surface area contributed by atoms with Crippen molar-refractivity contribution in [3.8, 4) is 17.3 Å². The number of nitriles is 1. The highest BCUT2D eigenvalue weighted by Crippen LogP contribution is 2.33. The summed E-state index contributed by atoms with van der Waals surface area (Å²) >= 11 is 0.828. The molecule has 1 aromatic carbocycles. The standard InChI is InChI=1S/C17H15F2N3O3S/c1-17(2,6-5-13(23)24)15(25)22-16-21-14(12(8-20)26-16)10-7-9(18)3-4-11(10)19/h3-4,7H,5-6H2,1-2H3,(H,23,24)(H,21,22,25). The van der Waals surface area contributed by atoms with Gasteiger partial charge in [-0.2, -0.15) is 5.26 Å². The number of aromatic nitrogens is 1. The summed E-state index contributed by atoms with van der Waals surface area (Å²) in [6.07, 6.45) is -0.0719. The van der Waals surface area contributed by atoms with Crippen LogP contribution in [-0.2, 0) is 9.59 Å². The number of rotatable bonds is 6. The fourth-order valence-electron chi connectivity index (χ4n) is 2.11. The largest absolute Gasteiger partial charge is 0.481 e. The van der Waals surface area contributed by atoms with Gasteiger partial charge < -0.3 is 10.4 Å². The Hall–Kier alpha value is -2.86. The van der Waals surface area contributed by atoms with Crippen LogP contribution in [0.4, 0.5) is 13.9 Å². The van der Waals surface area contributed by atoms with Crippen molar-refractivity contribution in [2.75, 3.05) is 5.32 Å². The molecule has 2 rings (SSSR count). The average Bonchev–Trinajstić information content (AvgIpc) is 2.98. The van der Waals surface area contributed by atoms with Crippen LogP contribution in [0.5, 0.6) is 0 Å². The Balaban J connectivity index is 2.29. The lowest BCUT2D eigenvalue weighted by molar-refractivity contribution is -0.138. The number of carbonyl (C=O) groups is 2. The average molecular weight is 379 g/mol. The van der Waals surface area contributed by atoms with Crippen LogP contribution in [0.15, 0.2) is 18.2 Å². The number of halogens is 2. The molecule has 0 unspecified atom stereocenters. The predicted octanol–water partition coefficient (Wildman–Crippen LogP) is 3.79. The van der Waals surface area contributed by atoms with E-state index < -0.39 is 28.9 Å². The van der Waals surface area contributed by atoms with Crippen molar-refractivity contribution in [2.24, 2.45) is 5.41 Å². The zero-order chi connectivity index (χ0) is 19.5. The van der Waals surface area contributed by atoms with Gasteiger partial charge in [0, 0.05) is 17.4 Å². The second-order valence-electron chi connectivity index (χ2n) is 6.16. The molecule has 0 saturated carbocycles. The molecule has 1 amide bonds. The van der Waals surface area contributed by atoms with E-state index in [0.717, 1.165) is 29.5 Å². The summed E-state index contributed by atoms with van der Waals surface area (Å²) in [6, 6.07) is 4.65. The van der Waals surface area contributed by atoms with E-state index in [9.17, 15) is 23.6 Å². The van der Waals surface area contributed by atoms with Crippen LogP contribution in [0.1, 0.15) is 31.6 Å². The quantitative estimate of drug-likeness (QED) is 0.795. The maximum atomic E-state index is 14.0. The summed E-state index contributed by atoms with van der Waals surface area (Å²) in [6.45, 7) is 3.16. The molecule has 1 heterocycles. The van der Waals surface area contributed by atoms with E-state index in [1.807, 2.05) is 6.07 Å². The number of carbonyl (C=O) groups excluding carboxylic acids is 1. The molecule has 136 valence electrons. The van der Waals surface area contributed by atoms with Crippen LogP contribution in [0, 0.1) is 28.4 Å². The molecular weight excluding hydrogens is 364 g/mol. The zero-order valence-corrected chi connectivity index (χ0v) is 14.8. The molecule has 0 saturated heterocycles. The molecule has 0 aliphatic heterocycles. The molecule has 1 aromatic heterocycles. The van der Waals surface area contributed by atoms with Gasteiger partial charge in [0.2, 0.25) is 5.91 Å². The molecule has 9 heteroatoms. The molecule has 0 atom stereocenters. The molecule has 2 N–H and O–H groups in total. The van der Waals surface area contributed by atoms with E-state index >= 15 is 0 Å². The summed E-state index contributed by atoms with van der Waals surface area (Å²) in [5.41, 5.74) is -1.22. The Morgan fingerprint density at radius 2 is 2.08 bits per heavy atom. The highest BCUT2D eigenvalue weighted by Gasteiger charge is 2.29. The van der Waals surface area contributed by atoms with E-state index in [1.165, 1.54) is 0 Å². The van der Waals surface area contributed by atoms with Gasteiger partial charge in [-0.1, -0.05) is 25.2 Å². The summed E-state index contributed by atoms with van der Waals surface area (Å²) in [5.74, 6) is -2.93. The number of hydrogen-bond donors (Lipinski definition) is 2. The molecule has 0 spiro atoms. The van der Waals surface area contributed by atoms with Gasteiger partial charge in [0.05, 0.1) is 0 Å².